The average molecular weight is 288 g/mol. The molecule has 1 aliphatic rings. The van der Waals surface area contributed by atoms with E-state index in [4.69, 9.17) is 0 Å². The van der Waals surface area contributed by atoms with E-state index < -0.39 is 17.9 Å². The molecule has 4 nitrogen and oxygen atoms in total. The Labute approximate surface area is 111 Å². The highest BCUT2D eigenvalue weighted by Gasteiger charge is 2.31. The lowest BCUT2D eigenvalue weighted by molar-refractivity contribution is -0.137. The first-order valence-electron chi connectivity index (χ1n) is 6.25. The Balaban J connectivity index is 1.91. The standard InChI is InChI=1S/C12H12F4N4/c13-8-1-3-20(4-2-8)11-18-9-5-7(12(14,15)16)6-17-10(9)19-11/h5-6,8H,1-4H2,(H,17,18,19). The van der Waals surface area contributed by atoms with Gasteiger partial charge in [-0.05, 0) is 18.9 Å². The Morgan fingerprint density at radius 1 is 1.25 bits per heavy atom. The third-order valence-electron chi connectivity index (χ3n) is 3.38. The largest absolute Gasteiger partial charge is 0.417 e. The molecule has 0 bridgehead atoms. The zero-order valence-corrected chi connectivity index (χ0v) is 10.4. The van der Waals surface area contributed by atoms with Gasteiger partial charge >= 0.3 is 6.18 Å². The van der Waals surface area contributed by atoms with Crippen molar-refractivity contribution in [3.63, 3.8) is 0 Å². The number of fused-ring (bicyclic) bond motifs is 1. The summed E-state index contributed by atoms with van der Waals surface area (Å²) >= 11 is 0. The number of aromatic amines is 1. The van der Waals surface area contributed by atoms with Crippen LogP contribution in [0.25, 0.3) is 11.2 Å². The number of anilines is 1. The van der Waals surface area contributed by atoms with Gasteiger partial charge in [-0.1, -0.05) is 0 Å². The number of piperidine rings is 1. The third-order valence-corrected chi connectivity index (χ3v) is 3.38. The van der Waals surface area contributed by atoms with Crippen molar-refractivity contribution in [3.05, 3.63) is 17.8 Å². The third kappa shape index (κ3) is 2.41. The van der Waals surface area contributed by atoms with Gasteiger partial charge < -0.3 is 9.88 Å². The summed E-state index contributed by atoms with van der Waals surface area (Å²) in [5, 5.41) is 0. The van der Waals surface area contributed by atoms with Crippen LogP contribution >= 0.6 is 0 Å². The van der Waals surface area contributed by atoms with Crippen LogP contribution in [0.4, 0.5) is 23.5 Å². The summed E-state index contributed by atoms with van der Waals surface area (Å²) in [7, 11) is 0. The highest BCUT2D eigenvalue weighted by molar-refractivity contribution is 5.74. The van der Waals surface area contributed by atoms with Crippen LogP contribution in [0.2, 0.25) is 0 Å². The maximum absolute atomic E-state index is 13.1. The number of aromatic nitrogens is 3. The molecular formula is C12H12F4N4. The number of rotatable bonds is 1. The van der Waals surface area contributed by atoms with E-state index in [1.54, 1.807) is 0 Å². The van der Waals surface area contributed by atoms with Crippen LogP contribution in [0, 0.1) is 0 Å². The van der Waals surface area contributed by atoms with E-state index in [-0.39, 0.29) is 11.2 Å². The van der Waals surface area contributed by atoms with Gasteiger partial charge in [-0.15, -0.1) is 0 Å². The first kappa shape index (κ1) is 13.1. The van der Waals surface area contributed by atoms with Gasteiger partial charge in [0.2, 0.25) is 5.95 Å². The van der Waals surface area contributed by atoms with E-state index >= 15 is 0 Å². The van der Waals surface area contributed by atoms with Gasteiger partial charge in [0.15, 0.2) is 5.65 Å². The van der Waals surface area contributed by atoms with Gasteiger partial charge in [0, 0.05) is 19.3 Å². The summed E-state index contributed by atoms with van der Waals surface area (Å²) < 4.78 is 50.8. The summed E-state index contributed by atoms with van der Waals surface area (Å²) in [6.45, 7) is 0.986. The Morgan fingerprint density at radius 3 is 2.60 bits per heavy atom. The van der Waals surface area contributed by atoms with Crippen LogP contribution in [0.15, 0.2) is 12.3 Å². The van der Waals surface area contributed by atoms with Crippen LogP contribution in [0.1, 0.15) is 18.4 Å². The molecule has 8 heteroatoms. The monoisotopic (exact) mass is 288 g/mol. The highest BCUT2D eigenvalue weighted by atomic mass is 19.4. The normalized spacial score (nSPS) is 17.9. The Morgan fingerprint density at radius 2 is 1.95 bits per heavy atom. The van der Waals surface area contributed by atoms with E-state index in [0.29, 0.717) is 31.9 Å². The molecule has 3 rings (SSSR count). The number of imidazole rings is 1. The summed E-state index contributed by atoms with van der Waals surface area (Å²) in [5.41, 5.74) is -0.352. The molecule has 0 atom stereocenters. The van der Waals surface area contributed by atoms with Crippen molar-refractivity contribution in [3.8, 4) is 0 Å². The van der Waals surface area contributed by atoms with Gasteiger partial charge in [0.05, 0.1) is 11.1 Å². The zero-order chi connectivity index (χ0) is 14.3. The summed E-state index contributed by atoms with van der Waals surface area (Å²) in [4.78, 5) is 12.5. The number of halogens is 4. The van der Waals surface area contributed by atoms with Crippen molar-refractivity contribution in [1.29, 1.82) is 0 Å². The molecule has 0 unspecified atom stereocenters. The van der Waals surface area contributed by atoms with Crippen molar-refractivity contribution < 1.29 is 17.6 Å². The molecule has 0 spiro atoms. The molecule has 1 fully saturated rings. The van der Waals surface area contributed by atoms with Crippen molar-refractivity contribution in [1.82, 2.24) is 15.0 Å². The molecule has 2 aromatic rings. The van der Waals surface area contributed by atoms with Crippen molar-refractivity contribution in [2.75, 3.05) is 18.0 Å². The highest BCUT2D eigenvalue weighted by Crippen LogP contribution is 2.30. The Bertz CT molecular complexity index is 613. The second-order valence-electron chi connectivity index (χ2n) is 4.82. The second kappa shape index (κ2) is 4.60. The fourth-order valence-corrected chi connectivity index (χ4v) is 2.25. The van der Waals surface area contributed by atoms with Crippen LogP contribution in [0.3, 0.4) is 0 Å². The van der Waals surface area contributed by atoms with Gasteiger partial charge in [-0.3, -0.25) is 0 Å². The van der Waals surface area contributed by atoms with Crippen LogP contribution < -0.4 is 4.90 Å². The minimum Gasteiger partial charge on any atom is -0.342 e. The predicted molar refractivity (Wildman–Crippen MR) is 65.2 cm³/mol. The number of pyridine rings is 1. The smallest absolute Gasteiger partial charge is 0.342 e. The Kier molecular flexibility index (Phi) is 3.02. The van der Waals surface area contributed by atoms with Gasteiger partial charge in [-0.2, -0.15) is 18.2 Å². The molecule has 0 amide bonds. The van der Waals surface area contributed by atoms with Crippen LogP contribution in [0.5, 0.6) is 0 Å². The fourth-order valence-electron chi connectivity index (χ4n) is 2.25. The minimum atomic E-state index is -4.43. The summed E-state index contributed by atoms with van der Waals surface area (Å²) in [6.07, 6.45) is -3.68. The van der Waals surface area contributed by atoms with Crippen molar-refractivity contribution in [2.45, 2.75) is 25.2 Å². The Hall–Kier alpha value is -1.86. The minimum absolute atomic E-state index is 0.232. The number of H-pyrrole nitrogens is 1. The number of hydrogen-bond donors (Lipinski definition) is 1. The molecule has 2 aromatic heterocycles. The first-order chi connectivity index (χ1) is 9.43. The summed E-state index contributed by atoms with van der Waals surface area (Å²) in [5.74, 6) is 0.443. The molecule has 1 N–H and O–H groups in total. The summed E-state index contributed by atoms with van der Waals surface area (Å²) in [6, 6.07) is 0.987. The number of nitrogens with zero attached hydrogens (tertiary/aromatic N) is 3. The number of hydrogen-bond acceptors (Lipinski definition) is 3. The van der Waals surface area contributed by atoms with E-state index in [0.717, 1.165) is 12.3 Å². The fraction of sp³-hybridized carbons (Fsp3) is 0.500. The van der Waals surface area contributed by atoms with Gasteiger partial charge in [0.1, 0.15) is 6.17 Å². The molecule has 0 radical (unpaired) electrons. The van der Waals surface area contributed by atoms with Crippen molar-refractivity contribution >= 4 is 17.1 Å². The lowest BCUT2D eigenvalue weighted by Crippen LogP contribution is -2.34. The molecule has 3 heterocycles. The molecule has 0 saturated carbocycles. The molecule has 20 heavy (non-hydrogen) atoms. The molecular weight excluding hydrogens is 276 g/mol. The van der Waals surface area contributed by atoms with Crippen molar-refractivity contribution in [2.24, 2.45) is 0 Å². The molecule has 1 aliphatic heterocycles. The molecule has 0 aliphatic carbocycles. The van der Waals surface area contributed by atoms with Gasteiger partial charge in [-0.25, -0.2) is 9.37 Å². The quantitative estimate of drug-likeness (QED) is 0.821. The molecule has 1 saturated heterocycles. The maximum Gasteiger partial charge on any atom is 0.417 e. The average Bonchev–Trinajstić information content (AvgIpc) is 2.81. The van der Waals surface area contributed by atoms with Crippen LogP contribution in [-0.2, 0) is 6.18 Å². The van der Waals surface area contributed by atoms with E-state index in [2.05, 4.69) is 15.0 Å². The number of nitrogens with one attached hydrogen (secondary N) is 1. The van der Waals surface area contributed by atoms with Crippen LogP contribution in [-0.4, -0.2) is 34.2 Å². The number of alkyl halides is 4. The maximum atomic E-state index is 13.1. The first-order valence-corrected chi connectivity index (χ1v) is 6.25. The second-order valence-corrected chi connectivity index (χ2v) is 4.82. The predicted octanol–water partition coefficient (Wildman–Crippen LogP) is 2.92. The van der Waals surface area contributed by atoms with E-state index in [1.165, 1.54) is 0 Å². The van der Waals surface area contributed by atoms with E-state index in [9.17, 15) is 17.6 Å². The lowest BCUT2D eigenvalue weighted by atomic mass is 10.1. The zero-order valence-electron chi connectivity index (χ0n) is 10.4. The molecule has 108 valence electrons. The molecule has 0 aromatic carbocycles. The van der Waals surface area contributed by atoms with E-state index in [1.807, 2.05) is 4.90 Å². The lowest BCUT2D eigenvalue weighted by Gasteiger charge is -2.27. The topological polar surface area (TPSA) is 44.8 Å². The van der Waals surface area contributed by atoms with Gasteiger partial charge in [0.25, 0.3) is 0 Å². The SMILES string of the molecule is FC1CCN(c2nc3ncc(C(F)(F)F)cc3[nH]2)CC1.